The lowest BCUT2D eigenvalue weighted by Gasteiger charge is -2.01. The standard InChI is InChI=1S/C5H10N2O/c1-7-4-5(8-2)3-6-7/h3,5H,4H2,1-2H3/p+1. The number of methoxy groups -OCH3 is 1. The molecule has 3 heteroatoms. The van der Waals surface area contributed by atoms with Gasteiger partial charge in [0.05, 0.1) is 7.05 Å². The molecule has 1 aliphatic rings. The van der Waals surface area contributed by atoms with Gasteiger partial charge < -0.3 is 4.74 Å². The van der Waals surface area contributed by atoms with Crippen LogP contribution in [0.3, 0.4) is 0 Å². The molecule has 0 fully saturated rings. The second kappa shape index (κ2) is 2.13. The molecule has 1 unspecified atom stereocenters. The molecule has 0 bridgehead atoms. The Hall–Kier alpha value is -0.570. The molecular formula is C5H11N2O+. The van der Waals surface area contributed by atoms with Crippen molar-refractivity contribution < 1.29 is 9.84 Å². The fourth-order valence-electron chi connectivity index (χ4n) is 0.728. The molecule has 1 rings (SSSR count). The van der Waals surface area contributed by atoms with E-state index in [-0.39, 0.29) is 6.10 Å². The van der Waals surface area contributed by atoms with E-state index in [4.69, 9.17) is 4.74 Å². The lowest BCUT2D eigenvalue weighted by Crippen LogP contribution is -2.76. The zero-order chi connectivity index (χ0) is 5.98. The van der Waals surface area contributed by atoms with Gasteiger partial charge in [-0.2, -0.15) is 5.01 Å². The quantitative estimate of drug-likeness (QED) is 0.428. The minimum absolute atomic E-state index is 0.264. The van der Waals surface area contributed by atoms with Crippen LogP contribution in [0.25, 0.3) is 0 Å². The number of nitrogens with zero attached hydrogens (tertiary/aromatic N) is 1. The number of nitrogens with one attached hydrogen (secondary N) is 1. The van der Waals surface area contributed by atoms with Gasteiger partial charge in [-0.1, -0.05) is 0 Å². The van der Waals surface area contributed by atoms with E-state index in [2.05, 4.69) is 5.10 Å². The summed E-state index contributed by atoms with van der Waals surface area (Å²) in [4.78, 5) is 0. The molecule has 0 amide bonds. The summed E-state index contributed by atoms with van der Waals surface area (Å²) in [5.74, 6) is 0. The molecule has 0 saturated heterocycles. The van der Waals surface area contributed by atoms with E-state index < -0.39 is 0 Å². The molecule has 1 N–H and O–H groups in total. The van der Waals surface area contributed by atoms with Gasteiger partial charge in [-0.05, 0) is 0 Å². The number of rotatable bonds is 1. The molecule has 0 aliphatic carbocycles. The lowest BCUT2D eigenvalue weighted by molar-refractivity contribution is -0.623. The summed E-state index contributed by atoms with van der Waals surface area (Å²) in [6, 6.07) is 0. The van der Waals surface area contributed by atoms with E-state index in [1.54, 1.807) is 7.11 Å². The minimum Gasteiger partial charge on any atom is -0.369 e. The lowest BCUT2D eigenvalue weighted by atomic mass is 10.4. The zero-order valence-corrected chi connectivity index (χ0v) is 5.22. The Morgan fingerprint density at radius 2 is 2.62 bits per heavy atom. The molecule has 0 aromatic heterocycles. The highest BCUT2D eigenvalue weighted by Gasteiger charge is 2.17. The van der Waals surface area contributed by atoms with E-state index >= 15 is 0 Å². The molecule has 0 spiro atoms. The van der Waals surface area contributed by atoms with E-state index in [9.17, 15) is 0 Å². The molecule has 0 radical (unpaired) electrons. The van der Waals surface area contributed by atoms with Gasteiger partial charge in [0.25, 0.3) is 0 Å². The van der Waals surface area contributed by atoms with Gasteiger partial charge in [-0.3, -0.25) is 0 Å². The summed E-state index contributed by atoms with van der Waals surface area (Å²) in [7, 11) is 3.69. The zero-order valence-electron chi connectivity index (χ0n) is 5.22. The van der Waals surface area contributed by atoms with Crippen molar-refractivity contribution in [2.75, 3.05) is 20.7 Å². The predicted octanol–water partition coefficient (Wildman–Crippen LogP) is -1.99. The number of hydrazone groups is 1. The van der Waals surface area contributed by atoms with Crippen molar-refractivity contribution in [2.45, 2.75) is 6.10 Å². The Bertz CT molecular complexity index is 103. The highest BCUT2D eigenvalue weighted by atomic mass is 16.5. The normalized spacial score (nSPS) is 27.2. The Labute approximate surface area is 48.9 Å². The highest BCUT2D eigenvalue weighted by molar-refractivity contribution is 5.57. The Kier molecular flexibility index (Phi) is 1.48. The van der Waals surface area contributed by atoms with Crippen molar-refractivity contribution in [3.63, 3.8) is 0 Å². The summed E-state index contributed by atoms with van der Waals surface area (Å²) >= 11 is 0. The summed E-state index contributed by atoms with van der Waals surface area (Å²) in [6.45, 7) is 0.941. The second-order valence-corrected chi connectivity index (χ2v) is 1.95. The van der Waals surface area contributed by atoms with Crippen molar-refractivity contribution in [3.05, 3.63) is 0 Å². The summed E-state index contributed by atoms with van der Waals surface area (Å²) < 4.78 is 5.02. The van der Waals surface area contributed by atoms with Gasteiger partial charge >= 0.3 is 0 Å². The van der Waals surface area contributed by atoms with Crippen molar-refractivity contribution >= 4 is 6.21 Å². The SMILES string of the molecule is COC1C=[NH+]N(C)C1. The molecule has 0 aromatic rings. The largest absolute Gasteiger partial charge is 0.369 e. The van der Waals surface area contributed by atoms with Crippen LogP contribution in [0.15, 0.2) is 0 Å². The van der Waals surface area contributed by atoms with E-state index in [0.717, 1.165) is 6.54 Å². The smallest absolute Gasteiger partial charge is 0.198 e. The Morgan fingerprint density at radius 3 is 2.88 bits per heavy atom. The van der Waals surface area contributed by atoms with Crippen LogP contribution in [0.5, 0.6) is 0 Å². The van der Waals surface area contributed by atoms with Crippen molar-refractivity contribution in [1.29, 1.82) is 0 Å². The highest BCUT2D eigenvalue weighted by Crippen LogP contribution is 1.85. The maximum atomic E-state index is 5.02. The van der Waals surface area contributed by atoms with Crippen LogP contribution in [0.4, 0.5) is 0 Å². The molecule has 8 heavy (non-hydrogen) atoms. The minimum atomic E-state index is 0.264. The third-order valence-corrected chi connectivity index (χ3v) is 1.24. The maximum absolute atomic E-state index is 5.02. The van der Waals surface area contributed by atoms with Crippen LogP contribution in [-0.4, -0.2) is 38.0 Å². The Balaban J connectivity index is 2.34. The first-order valence-corrected chi connectivity index (χ1v) is 2.66. The second-order valence-electron chi connectivity index (χ2n) is 1.95. The number of likely N-dealkylation sites (N-methyl/N-ethyl adjacent to an activating group) is 1. The van der Waals surface area contributed by atoms with Gasteiger partial charge in [0.1, 0.15) is 6.54 Å². The summed E-state index contributed by atoms with van der Waals surface area (Å²) in [6.07, 6.45) is 2.19. The Morgan fingerprint density at radius 1 is 1.88 bits per heavy atom. The van der Waals surface area contributed by atoms with Gasteiger partial charge in [-0.15, -0.1) is 5.10 Å². The van der Waals surface area contributed by atoms with E-state index in [1.807, 2.05) is 18.3 Å². The molecule has 0 saturated carbocycles. The fourth-order valence-corrected chi connectivity index (χ4v) is 0.728. The number of hydrogen-bond acceptors (Lipinski definition) is 2. The number of hydrogen-bond donors (Lipinski definition) is 1. The van der Waals surface area contributed by atoms with Crippen LogP contribution in [-0.2, 0) is 4.74 Å². The molecule has 1 heterocycles. The molecular weight excluding hydrogens is 104 g/mol. The average Bonchev–Trinajstić information content (AvgIpc) is 2.14. The third-order valence-electron chi connectivity index (χ3n) is 1.24. The van der Waals surface area contributed by atoms with Crippen LogP contribution >= 0.6 is 0 Å². The van der Waals surface area contributed by atoms with Crippen LogP contribution in [0.2, 0.25) is 0 Å². The fraction of sp³-hybridized carbons (Fsp3) is 0.800. The molecule has 0 aromatic carbocycles. The first kappa shape index (κ1) is 5.56. The van der Waals surface area contributed by atoms with Crippen LogP contribution in [0, 0.1) is 0 Å². The average molecular weight is 115 g/mol. The number of ether oxygens (including phenoxy) is 1. The van der Waals surface area contributed by atoms with Gasteiger partial charge in [0.15, 0.2) is 12.3 Å². The molecule has 1 atom stereocenters. The summed E-state index contributed by atoms with van der Waals surface area (Å²) in [5.41, 5.74) is 0. The van der Waals surface area contributed by atoms with Crippen LogP contribution < -0.4 is 5.10 Å². The topological polar surface area (TPSA) is 26.4 Å². The van der Waals surface area contributed by atoms with Crippen molar-refractivity contribution in [1.82, 2.24) is 5.01 Å². The van der Waals surface area contributed by atoms with Crippen molar-refractivity contribution in [3.8, 4) is 0 Å². The molecule has 3 nitrogen and oxygen atoms in total. The van der Waals surface area contributed by atoms with E-state index in [0.29, 0.717) is 0 Å². The summed E-state index contributed by atoms with van der Waals surface area (Å²) in [5, 5.41) is 4.98. The monoisotopic (exact) mass is 115 g/mol. The number of hydrazine groups is 1. The van der Waals surface area contributed by atoms with Crippen molar-refractivity contribution in [2.24, 2.45) is 0 Å². The maximum Gasteiger partial charge on any atom is 0.198 e. The van der Waals surface area contributed by atoms with Gasteiger partial charge in [-0.25, -0.2) is 0 Å². The van der Waals surface area contributed by atoms with E-state index in [1.165, 1.54) is 0 Å². The van der Waals surface area contributed by atoms with Crippen LogP contribution in [0.1, 0.15) is 0 Å². The predicted molar refractivity (Wildman–Crippen MR) is 30.5 cm³/mol. The molecule has 46 valence electrons. The molecule has 1 aliphatic heterocycles. The first-order valence-electron chi connectivity index (χ1n) is 2.66. The van der Waals surface area contributed by atoms with Gasteiger partial charge in [0, 0.05) is 7.11 Å². The van der Waals surface area contributed by atoms with Gasteiger partial charge in [0.2, 0.25) is 0 Å². The first-order chi connectivity index (χ1) is 3.83. The third kappa shape index (κ3) is 0.980.